The van der Waals surface area contributed by atoms with Crippen molar-refractivity contribution in [1.82, 2.24) is 33.8 Å². The van der Waals surface area contributed by atoms with Crippen molar-refractivity contribution >= 4 is 22.4 Å². The van der Waals surface area contributed by atoms with E-state index in [1.807, 2.05) is 33.9 Å². The van der Waals surface area contributed by atoms with Crippen LogP contribution >= 0.6 is 0 Å². The van der Waals surface area contributed by atoms with Crippen LogP contribution in [0, 0.1) is 0 Å². The van der Waals surface area contributed by atoms with Gasteiger partial charge in [0, 0.05) is 57.3 Å². The maximum atomic E-state index is 13.0. The van der Waals surface area contributed by atoms with E-state index in [1.54, 1.807) is 11.6 Å². The summed E-state index contributed by atoms with van der Waals surface area (Å²) in [6.07, 6.45) is 10.8. The van der Waals surface area contributed by atoms with E-state index in [4.69, 9.17) is 9.84 Å². The summed E-state index contributed by atoms with van der Waals surface area (Å²) >= 11 is 0. The third-order valence-electron chi connectivity index (χ3n) is 8.58. The van der Waals surface area contributed by atoms with Crippen LogP contribution in [-0.4, -0.2) is 65.6 Å². The van der Waals surface area contributed by atoms with Crippen molar-refractivity contribution in [2.24, 2.45) is 7.05 Å². The largest absolute Gasteiger partial charge is 0.357 e. The number of hydrogen-bond donors (Lipinski definition) is 0. The van der Waals surface area contributed by atoms with Crippen LogP contribution in [0.4, 0.5) is 5.82 Å². The van der Waals surface area contributed by atoms with Gasteiger partial charge in [0.15, 0.2) is 11.3 Å². The molecule has 4 atom stereocenters. The van der Waals surface area contributed by atoms with Gasteiger partial charge in [-0.25, -0.2) is 14.0 Å². The van der Waals surface area contributed by atoms with E-state index < -0.39 is 0 Å². The van der Waals surface area contributed by atoms with Gasteiger partial charge in [0.1, 0.15) is 6.23 Å². The molecule has 2 fully saturated rings. The van der Waals surface area contributed by atoms with Crippen molar-refractivity contribution in [3.63, 3.8) is 0 Å². The minimum atomic E-state index is -0.246. The number of aryl methyl sites for hydroxylation is 1. The molecule has 0 radical (unpaired) electrons. The Balaban J connectivity index is 1.35. The fourth-order valence-corrected chi connectivity index (χ4v) is 6.20. The number of hydrogen-bond acceptors (Lipinski definition) is 7. The SMILES string of the molecule is CC[C@H]1CN(C(C)c2ccn3nccc3c2)[C@H](CC)CN1c1nc(=O)n(C)c2cn(C3CCCCO3)nc12. The molecule has 2 unspecified atom stereocenters. The van der Waals surface area contributed by atoms with Gasteiger partial charge in [-0.05, 0) is 62.8 Å². The Kier molecular flexibility index (Phi) is 6.69. The molecule has 4 aromatic rings. The van der Waals surface area contributed by atoms with Crippen molar-refractivity contribution < 1.29 is 4.74 Å². The topological polar surface area (TPSA) is 85.7 Å². The molecule has 10 heteroatoms. The third-order valence-corrected chi connectivity index (χ3v) is 8.58. The van der Waals surface area contributed by atoms with Crippen LogP contribution in [0.2, 0.25) is 0 Å². The molecule has 0 spiro atoms. The van der Waals surface area contributed by atoms with Crippen LogP contribution in [0.3, 0.4) is 0 Å². The smallest absolute Gasteiger partial charge is 0.349 e. The Labute approximate surface area is 222 Å². The molecule has 0 amide bonds. The molecule has 202 valence electrons. The van der Waals surface area contributed by atoms with Gasteiger partial charge in [-0.1, -0.05) is 13.8 Å². The average Bonchev–Trinajstić information content (AvgIpc) is 3.62. The molecule has 38 heavy (non-hydrogen) atoms. The Morgan fingerprint density at radius 2 is 1.97 bits per heavy atom. The Morgan fingerprint density at radius 3 is 2.74 bits per heavy atom. The molecule has 0 aliphatic carbocycles. The van der Waals surface area contributed by atoms with Gasteiger partial charge in [0.25, 0.3) is 0 Å². The molecule has 4 aromatic heterocycles. The molecule has 2 aliphatic heterocycles. The van der Waals surface area contributed by atoms with Gasteiger partial charge in [-0.15, -0.1) is 0 Å². The normalized spacial score (nSPS) is 23.9. The summed E-state index contributed by atoms with van der Waals surface area (Å²) in [6.45, 7) is 9.21. The van der Waals surface area contributed by atoms with Gasteiger partial charge in [0.05, 0.1) is 17.2 Å². The molecule has 2 aliphatic rings. The third kappa shape index (κ3) is 4.29. The van der Waals surface area contributed by atoms with Crippen LogP contribution in [0.25, 0.3) is 16.6 Å². The lowest BCUT2D eigenvalue weighted by atomic mass is 9.97. The van der Waals surface area contributed by atoms with Crippen molar-refractivity contribution in [3.05, 3.63) is 52.8 Å². The number of fused-ring (bicyclic) bond motifs is 2. The zero-order chi connectivity index (χ0) is 26.4. The first kappa shape index (κ1) is 25.1. The predicted octanol–water partition coefficient (Wildman–Crippen LogP) is 3.92. The zero-order valence-electron chi connectivity index (χ0n) is 22.8. The summed E-state index contributed by atoms with van der Waals surface area (Å²) in [7, 11) is 1.78. The number of rotatable bonds is 6. The van der Waals surface area contributed by atoms with Gasteiger partial charge in [-0.2, -0.15) is 15.2 Å². The van der Waals surface area contributed by atoms with Gasteiger partial charge >= 0.3 is 5.69 Å². The second-order valence-corrected chi connectivity index (χ2v) is 10.8. The lowest BCUT2D eigenvalue weighted by Crippen LogP contribution is -2.59. The second-order valence-electron chi connectivity index (χ2n) is 10.8. The fraction of sp³-hybridized carbons (Fsp3) is 0.571. The Hall–Kier alpha value is -3.24. The highest BCUT2D eigenvalue weighted by Gasteiger charge is 2.37. The molecule has 0 saturated carbocycles. The lowest BCUT2D eigenvalue weighted by Gasteiger charge is -2.49. The van der Waals surface area contributed by atoms with Crippen LogP contribution in [-0.2, 0) is 11.8 Å². The monoisotopic (exact) mass is 518 g/mol. The highest BCUT2D eigenvalue weighted by molar-refractivity contribution is 5.85. The highest BCUT2D eigenvalue weighted by Crippen LogP contribution is 2.34. The molecule has 0 bridgehead atoms. The van der Waals surface area contributed by atoms with E-state index in [9.17, 15) is 4.79 Å². The summed E-state index contributed by atoms with van der Waals surface area (Å²) in [4.78, 5) is 22.6. The molecule has 6 heterocycles. The van der Waals surface area contributed by atoms with E-state index in [2.05, 4.69) is 52.8 Å². The second kappa shape index (κ2) is 10.1. The molecule has 2 saturated heterocycles. The van der Waals surface area contributed by atoms with E-state index in [0.29, 0.717) is 11.9 Å². The van der Waals surface area contributed by atoms with E-state index >= 15 is 0 Å². The van der Waals surface area contributed by atoms with Gasteiger partial charge < -0.3 is 9.64 Å². The summed E-state index contributed by atoms with van der Waals surface area (Å²) in [5.41, 5.74) is 3.74. The van der Waals surface area contributed by atoms with Crippen LogP contribution in [0.15, 0.2) is 41.6 Å². The lowest BCUT2D eigenvalue weighted by molar-refractivity contribution is -0.0390. The zero-order valence-corrected chi connectivity index (χ0v) is 22.8. The predicted molar refractivity (Wildman–Crippen MR) is 147 cm³/mol. The van der Waals surface area contributed by atoms with Crippen LogP contribution in [0.5, 0.6) is 0 Å². The molecule has 0 N–H and O–H groups in total. The van der Waals surface area contributed by atoms with Gasteiger partial charge in [0.2, 0.25) is 0 Å². The maximum absolute atomic E-state index is 13.0. The van der Waals surface area contributed by atoms with Crippen molar-refractivity contribution in [3.8, 4) is 0 Å². The molecular weight excluding hydrogens is 480 g/mol. The number of anilines is 1. The van der Waals surface area contributed by atoms with Gasteiger partial charge in [-0.3, -0.25) is 9.47 Å². The van der Waals surface area contributed by atoms with Crippen LogP contribution < -0.4 is 10.6 Å². The first-order valence-electron chi connectivity index (χ1n) is 14.0. The number of pyridine rings is 1. The number of aromatic nitrogens is 6. The van der Waals surface area contributed by atoms with Crippen molar-refractivity contribution in [1.29, 1.82) is 0 Å². The van der Waals surface area contributed by atoms with Crippen LogP contribution in [0.1, 0.15) is 70.7 Å². The molecule has 6 rings (SSSR count). The summed E-state index contributed by atoms with van der Waals surface area (Å²) < 4.78 is 11.4. The molecular formula is C28H38N8O2. The van der Waals surface area contributed by atoms with Crippen molar-refractivity contribution in [2.75, 3.05) is 24.6 Å². The maximum Gasteiger partial charge on any atom is 0.349 e. The Morgan fingerprint density at radius 1 is 1.13 bits per heavy atom. The molecule has 0 aromatic carbocycles. The van der Waals surface area contributed by atoms with E-state index in [-0.39, 0.29) is 24.0 Å². The standard InChI is InChI=1S/C28H38N8O2/c1-5-21-17-34(22(6-2)16-33(21)19(3)20-11-13-35-23(15-20)10-12-29-35)27-26-24(32(4)28(37)30-27)18-36(31-26)25-9-7-8-14-38-25/h10-13,15,18-19,21-22,25H,5-9,14,16-17H2,1-4H3/t19?,21-,22+,25?/m1/s1. The summed E-state index contributed by atoms with van der Waals surface area (Å²) in [5.74, 6) is 0.705. The Bertz CT molecular complexity index is 1480. The number of piperazine rings is 1. The van der Waals surface area contributed by atoms with E-state index in [1.165, 1.54) is 5.56 Å². The highest BCUT2D eigenvalue weighted by atomic mass is 16.5. The summed E-state index contributed by atoms with van der Waals surface area (Å²) in [5, 5.41) is 9.31. The van der Waals surface area contributed by atoms with E-state index in [0.717, 1.165) is 68.4 Å². The fourth-order valence-electron chi connectivity index (χ4n) is 6.20. The minimum Gasteiger partial charge on any atom is -0.357 e. The van der Waals surface area contributed by atoms with Crippen molar-refractivity contribution in [2.45, 2.75) is 77.2 Å². The number of ether oxygens (including phenoxy) is 1. The molecule has 10 nitrogen and oxygen atoms in total. The summed E-state index contributed by atoms with van der Waals surface area (Å²) in [6, 6.07) is 7.26. The minimum absolute atomic E-state index is 0.0877. The average molecular weight is 519 g/mol. The first-order valence-corrected chi connectivity index (χ1v) is 14.0. The first-order chi connectivity index (χ1) is 18.5. The number of nitrogens with zero attached hydrogens (tertiary/aromatic N) is 8. The quantitative estimate of drug-likeness (QED) is 0.382.